The summed E-state index contributed by atoms with van der Waals surface area (Å²) < 4.78 is 35.5. The summed E-state index contributed by atoms with van der Waals surface area (Å²) in [6.45, 7) is 2.88. The first-order chi connectivity index (χ1) is 13.0. The Labute approximate surface area is 160 Å². The van der Waals surface area contributed by atoms with Crippen molar-refractivity contribution in [1.82, 2.24) is 0 Å². The monoisotopic (exact) mass is 382 g/mol. The average Bonchev–Trinajstić information content (AvgIpc) is 2.68. The zero-order valence-electron chi connectivity index (χ0n) is 15.2. The van der Waals surface area contributed by atoms with Crippen LogP contribution in [-0.4, -0.2) is 8.42 Å². The Morgan fingerprint density at radius 3 is 2.00 bits per heavy atom. The first-order valence-electron chi connectivity index (χ1n) is 8.68. The van der Waals surface area contributed by atoms with Crippen molar-refractivity contribution in [3.05, 3.63) is 101 Å². The lowest BCUT2D eigenvalue weighted by Gasteiger charge is -2.08. The Morgan fingerprint density at radius 2 is 1.30 bits per heavy atom. The van der Waals surface area contributed by atoms with Gasteiger partial charge in [-0.25, -0.2) is 0 Å². The van der Waals surface area contributed by atoms with Gasteiger partial charge in [-0.1, -0.05) is 72.3 Å². The van der Waals surface area contributed by atoms with E-state index in [2.05, 4.69) is 0 Å². The zero-order valence-corrected chi connectivity index (χ0v) is 16.0. The molecule has 0 saturated heterocycles. The van der Waals surface area contributed by atoms with E-state index >= 15 is 0 Å². The Morgan fingerprint density at radius 1 is 0.704 bits per heavy atom. The van der Waals surface area contributed by atoms with E-state index in [1.807, 2.05) is 61.5 Å². The quantitative estimate of drug-likeness (QED) is 0.534. The van der Waals surface area contributed by atoms with Crippen LogP contribution in [0.15, 0.2) is 83.8 Å². The molecule has 0 heterocycles. The molecule has 0 saturated carbocycles. The van der Waals surface area contributed by atoms with E-state index in [1.165, 1.54) is 0 Å². The average molecular weight is 382 g/mol. The van der Waals surface area contributed by atoms with Crippen molar-refractivity contribution in [2.75, 3.05) is 0 Å². The maximum absolute atomic E-state index is 12.3. The van der Waals surface area contributed by atoms with Crippen LogP contribution in [0, 0.1) is 6.92 Å². The molecular weight excluding hydrogens is 360 g/mol. The van der Waals surface area contributed by atoms with Crippen LogP contribution in [0.2, 0.25) is 0 Å². The first-order valence-corrected chi connectivity index (χ1v) is 10.1. The molecule has 5 heteroatoms. The van der Waals surface area contributed by atoms with E-state index in [-0.39, 0.29) is 11.5 Å². The number of aryl methyl sites for hydroxylation is 1. The van der Waals surface area contributed by atoms with E-state index in [0.29, 0.717) is 13.2 Å². The molecule has 3 aromatic carbocycles. The summed E-state index contributed by atoms with van der Waals surface area (Å²) in [6.07, 6.45) is 0. The van der Waals surface area contributed by atoms with Crippen molar-refractivity contribution >= 4 is 10.1 Å². The van der Waals surface area contributed by atoms with Crippen LogP contribution in [0.3, 0.4) is 0 Å². The van der Waals surface area contributed by atoms with Gasteiger partial charge in [0.2, 0.25) is 0 Å². The lowest BCUT2D eigenvalue weighted by Crippen LogP contribution is -2.06. The molecule has 0 aliphatic rings. The minimum atomic E-state index is -3.77. The molecule has 0 aliphatic heterocycles. The smallest absolute Gasteiger partial charge is 0.297 e. The van der Waals surface area contributed by atoms with E-state index in [0.717, 1.165) is 22.3 Å². The minimum Gasteiger partial charge on any atom is -0.372 e. The summed E-state index contributed by atoms with van der Waals surface area (Å²) in [5.41, 5.74) is 3.87. The molecule has 4 nitrogen and oxygen atoms in total. The number of benzene rings is 3. The summed E-state index contributed by atoms with van der Waals surface area (Å²) >= 11 is 0. The predicted molar refractivity (Wildman–Crippen MR) is 105 cm³/mol. The number of rotatable bonds is 8. The Bertz CT molecular complexity index is 965. The van der Waals surface area contributed by atoms with E-state index in [4.69, 9.17) is 8.92 Å². The Kier molecular flexibility index (Phi) is 6.40. The van der Waals surface area contributed by atoms with E-state index < -0.39 is 10.1 Å². The fraction of sp³-hybridized carbons (Fsp3) is 0.182. The molecule has 3 rings (SSSR count). The molecule has 0 N–H and O–H groups in total. The maximum Gasteiger partial charge on any atom is 0.297 e. The van der Waals surface area contributed by atoms with Crippen LogP contribution in [0.1, 0.15) is 22.3 Å². The van der Waals surface area contributed by atoms with Crippen LogP contribution in [0.4, 0.5) is 0 Å². The van der Waals surface area contributed by atoms with Crippen LogP contribution >= 0.6 is 0 Å². The Hall–Kier alpha value is -2.47. The van der Waals surface area contributed by atoms with Gasteiger partial charge in [-0.15, -0.1) is 0 Å². The molecule has 27 heavy (non-hydrogen) atoms. The van der Waals surface area contributed by atoms with Gasteiger partial charge in [0.05, 0.1) is 24.7 Å². The highest BCUT2D eigenvalue weighted by Crippen LogP contribution is 2.16. The molecule has 0 radical (unpaired) electrons. The summed E-state index contributed by atoms with van der Waals surface area (Å²) in [4.78, 5) is 0.162. The maximum atomic E-state index is 12.3. The molecule has 0 aliphatic carbocycles. The topological polar surface area (TPSA) is 52.6 Å². The van der Waals surface area contributed by atoms with Crippen molar-refractivity contribution in [3.63, 3.8) is 0 Å². The standard InChI is InChI=1S/C22H22O4S/c1-18-10-12-22(13-11-18)27(23,24)26-17-21-9-5-8-20(14-21)16-25-15-19-6-3-2-4-7-19/h2-14H,15-17H2,1H3. The molecule has 0 amide bonds. The fourth-order valence-electron chi connectivity index (χ4n) is 2.59. The van der Waals surface area contributed by atoms with E-state index in [9.17, 15) is 8.42 Å². The molecule has 0 atom stereocenters. The highest BCUT2D eigenvalue weighted by molar-refractivity contribution is 7.86. The molecule has 0 aromatic heterocycles. The van der Waals surface area contributed by atoms with Crippen LogP contribution < -0.4 is 0 Å². The third-order valence-corrected chi connectivity index (χ3v) is 5.34. The number of hydrogen-bond acceptors (Lipinski definition) is 4. The van der Waals surface area contributed by atoms with Gasteiger partial charge in [0.25, 0.3) is 10.1 Å². The number of hydrogen-bond donors (Lipinski definition) is 0. The second-order valence-electron chi connectivity index (χ2n) is 6.33. The van der Waals surface area contributed by atoms with Gasteiger partial charge >= 0.3 is 0 Å². The van der Waals surface area contributed by atoms with Gasteiger partial charge in [0.1, 0.15) is 0 Å². The zero-order chi connectivity index (χ0) is 19.1. The van der Waals surface area contributed by atoms with Gasteiger partial charge in [-0.3, -0.25) is 4.18 Å². The minimum absolute atomic E-state index is 0.0112. The van der Waals surface area contributed by atoms with Gasteiger partial charge in [-0.05, 0) is 35.7 Å². The highest BCUT2D eigenvalue weighted by atomic mass is 32.2. The number of ether oxygens (including phenoxy) is 1. The lowest BCUT2D eigenvalue weighted by molar-refractivity contribution is 0.107. The van der Waals surface area contributed by atoms with Gasteiger partial charge in [0.15, 0.2) is 0 Å². The van der Waals surface area contributed by atoms with Crippen LogP contribution in [0.25, 0.3) is 0 Å². The summed E-state index contributed by atoms with van der Waals surface area (Å²) in [7, 11) is -3.77. The van der Waals surface area contributed by atoms with Crippen LogP contribution in [-0.2, 0) is 38.9 Å². The molecular formula is C22H22O4S. The van der Waals surface area contributed by atoms with Gasteiger partial charge in [-0.2, -0.15) is 8.42 Å². The van der Waals surface area contributed by atoms with Crippen molar-refractivity contribution in [1.29, 1.82) is 0 Å². The van der Waals surface area contributed by atoms with Crippen molar-refractivity contribution < 1.29 is 17.3 Å². The summed E-state index contributed by atoms with van der Waals surface area (Å²) in [5.74, 6) is 0. The van der Waals surface area contributed by atoms with Crippen molar-refractivity contribution in [2.45, 2.75) is 31.6 Å². The van der Waals surface area contributed by atoms with Gasteiger partial charge < -0.3 is 4.74 Å². The van der Waals surface area contributed by atoms with Crippen LogP contribution in [0.5, 0.6) is 0 Å². The summed E-state index contributed by atoms with van der Waals surface area (Å²) in [5, 5.41) is 0. The molecule has 0 fully saturated rings. The predicted octanol–water partition coefficient (Wildman–Crippen LogP) is 4.62. The van der Waals surface area contributed by atoms with E-state index in [1.54, 1.807) is 24.3 Å². The van der Waals surface area contributed by atoms with Gasteiger partial charge in [0, 0.05) is 0 Å². The molecule has 140 valence electrons. The molecule has 0 spiro atoms. The fourth-order valence-corrected chi connectivity index (χ4v) is 3.49. The van der Waals surface area contributed by atoms with Crippen molar-refractivity contribution in [3.8, 4) is 0 Å². The largest absolute Gasteiger partial charge is 0.372 e. The molecule has 0 unspecified atom stereocenters. The third kappa shape index (κ3) is 5.76. The summed E-state index contributed by atoms with van der Waals surface area (Å²) in [6, 6.07) is 24.1. The second-order valence-corrected chi connectivity index (χ2v) is 7.94. The molecule has 0 bridgehead atoms. The first kappa shape index (κ1) is 19.3. The SMILES string of the molecule is Cc1ccc(S(=O)(=O)OCc2cccc(COCc3ccccc3)c2)cc1. The highest BCUT2D eigenvalue weighted by Gasteiger charge is 2.15. The molecule has 3 aromatic rings. The second kappa shape index (κ2) is 8.95. The van der Waals surface area contributed by atoms with Crippen molar-refractivity contribution in [2.24, 2.45) is 0 Å². The lowest BCUT2D eigenvalue weighted by atomic mass is 10.1. The third-order valence-electron chi connectivity index (χ3n) is 4.06. The normalized spacial score (nSPS) is 11.4. The Balaban J connectivity index is 1.56.